The van der Waals surface area contributed by atoms with E-state index in [-0.39, 0.29) is 141 Å². The van der Waals surface area contributed by atoms with Crippen molar-refractivity contribution in [3.63, 3.8) is 0 Å². The Morgan fingerprint density at radius 3 is 0.760 bits per heavy atom. The molecule has 48 heteroatoms. The van der Waals surface area contributed by atoms with Gasteiger partial charge < -0.3 is 84.2 Å². The number of carbonyl (C=O) groups excluding carboxylic acids is 20. The van der Waals surface area contributed by atoms with E-state index in [1.54, 1.807) is 52.0 Å². The highest BCUT2D eigenvalue weighted by Crippen LogP contribution is 2.45. The number of thiophene rings is 4. The molecule has 4 aromatic heterocycles. The number of hydrogen-bond donors (Lipinski definition) is 16. The molecule has 0 spiro atoms. The molecule has 4 aliphatic heterocycles. The third-order valence-electron chi connectivity index (χ3n) is 25.4. The van der Waals surface area contributed by atoms with Crippen molar-refractivity contribution in [2.24, 2.45) is 23.7 Å². The van der Waals surface area contributed by atoms with Crippen molar-refractivity contribution in [1.82, 2.24) is 83.4 Å². The summed E-state index contributed by atoms with van der Waals surface area (Å²) < 4.78 is 0. The Morgan fingerprint density at radius 1 is 0.267 bits per heavy atom. The molecule has 4 aliphatic rings. The first-order valence-corrected chi connectivity index (χ1v) is 51.9. The van der Waals surface area contributed by atoms with Crippen LogP contribution in [0.4, 0.5) is 0 Å². The van der Waals surface area contributed by atoms with Crippen molar-refractivity contribution in [3.05, 3.63) is 151 Å². The van der Waals surface area contributed by atoms with Gasteiger partial charge >= 0.3 is 23.9 Å². The number of carboxylic acids is 4. The number of imide groups is 4. The minimum absolute atomic E-state index is 0.0515. The third kappa shape index (κ3) is 26.3. The average molecular weight is 2140 g/mol. The molecule has 0 bridgehead atoms. The van der Waals surface area contributed by atoms with Crippen molar-refractivity contribution in [2.45, 2.75) is 195 Å². The van der Waals surface area contributed by atoms with Gasteiger partial charge in [0.15, 0.2) is 0 Å². The predicted octanol–water partition coefficient (Wildman–Crippen LogP) is 6.28. The maximum absolute atomic E-state index is 14.0. The fourth-order valence-corrected chi connectivity index (χ4v) is 21.7. The van der Waals surface area contributed by atoms with Crippen LogP contribution in [-0.4, -0.2) is 283 Å². The van der Waals surface area contributed by atoms with E-state index in [4.69, 9.17) is 0 Å². The highest BCUT2D eigenvalue weighted by molar-refractivity contribution is 7.29. The molecule has 794 valence electrons. The fourth-order valence-electron chi connectivity index (χ4n) is 17.5. The van der Waals surface area contributed by atoms with Crippen LogP contribution >= 0.6 is 45.3 Å². The summed E-state index contributed by atoms with van der Waals surface area (Å²) in [6, 6.07) is 13.6. The lowest BCUT2D eigenvalue weighted by Gasteiger charge is -2.32. The second kappa shape index (κ2) is 49.9. The van der Waals surface area contributed by atoms with Crippen molar-refractivity contribution in [2.75, 3.05) is 52.4 Å². The summed E-state index contributed by atoms with van der Waals surface area (Å²) in [6.45, 7) is 13.4. The van der Waals surface area contributed by atoms with E-state index < -0.39 is 266 Å². The number of carboxylic acid groups (broad SMARTS) is 4. The van der Waals surface area contributed by atoms with E-state index in [1.165, 1.54) is 98.9 Å². The monoisotopic (exact) mass is 2140 g/mol. The third-order valence-corrected chi connectivity index (χ3v) is 30.3. The lowest BCUT2D eigenvalue weighted by molar-refractivity contribution is -0.143. The molecule has 0 radical (unpaired) electrons. The van der Waals surface area contributed by atoms with E-state index in [1.807, 2.05) is 38.1 Å². The van der Waals surface area contributed by atoms with Gasteiger partial charge in [0, 0.05) is 134 Å². The van der Waals surface area contributed by atoms with Crippen LogP contribution in [0.5, 0.6) is 0 Å². The quantitative estimate of drug-likeness (QED) is 0.0147. The molecule has 0 aliphatic carbocycles. The number of amides is 20. The van der Waals surface area contributed by atoms with Gasteiger partial charge in [-0.2, -0.15) is 0 Å². The first-order valence-electron chi connectivity index (χ1n) is 48.7. The number of benzene rings is 4. The minimum atomic E-state index is -1.63. The highest BCUT2D eigenvalue weighted by atomic mass is 32.1. The molecule has 8 aromatic rings. The van der Waals surface area contributed by atoms with Gasteiger partial charge in [0.2, 0.25) is 59.1 Å². The van der Waals surface area contributed by atoms with Crippen molar-refractivity contribution < 1.29 is 135 Å². The predicted molar refractivity (Wildman–Crippen MR) is 546 cm³/mol. The maximum atomic E-state index is 14.0. The van der Waals surface area contributed by atoms with Crippen LogP contribution in [0.25, 0.3) is 50.8 Å². The molecular formula is C102H114N16O28S4. The molecule has 0 unspecified atom stereocenters. The van der Waals surface area contributed by atoms with Crippen LogP contribution in [0.1, 0.15) is 248 Å². The molecule has 0 saturated carbocycles. The lowest BCUT2D eigenvalue weighted by Crippen LogP contribution is -2.59. The fraction of sp³-hybridized carbons (Fsp3) is 0.412. The van der Waals surface area contributed by atoms with Crippen molar-refractivity contribution >= 4 is 209 Å². The van der Waals surface area contributed by atoms with E-state index >= 15 is 0 Å². The minimum Gasteiger partial charge on any atom is -0.481 e. The average Bonchev–Trinajstić information content (AvgIpc) is 0.738. The zero-order chi connectivity index (χ0) is 109. The second-order valence-corrected chi connectivity index (χ2v) is 41.9. The number of unbranched alkanes of at least 4 members (excludes halogenated alkanes) is 2. The maximum Gasteiger partial charge on any atom is 0.326 e. The largest absolute Gasteiger partial charge is 0.481 e. The summed E-state index contributed by atoms with van der Waals surface area (Å²) in [5.41, 5.74) is 1.10. The van der Waals surface area contributed by atoms with Crippen LogP contribution in [0.2, 0.25) is 0 Å². The summed E-state index contributed by atoms with van der Waals surface area (Å²) in [6.07, 6.45) is -1.48. The van der Waals surface area contributed by atoms with Crippen molar-refractivity contribution in [1.29, 1.82) is 0 Å². The van der Waals surface area contributed by atoms with E-state index in [0.29, 0.717) is 12.8 Å². The van der Waals surface area contributed by atoms with Crippen molar-refractivity contribution in [3.8, 4) is 29.3 Å². The van der Waals surface area contributed by atoms with Gasteiger partial charge in [0.05, 0.1) is 35.9 Å². The molecular weight excluding hydrogens is 2030 g/mol. The molecule has 8 heterocycles. The Bertz CT molecular complexity index is 6250. The van der Waals surface area contributed by atoms with Crippen LogP contribution in [-0.2, 0) is 67.1 Å². The summed E-state index contributed by atoms with van der Waals surface area (Å²) >= 11 is 5.15. The number of rotatable bonds is 53. The topological polar surface area (TPSA) is 648 Å². The van der Waals surface area contributed by atoms with Gasteiger partial charge in [-0.1, -0.05) is 69.2 Å². The number of nitrogens with zero attached hydrogens (tertiary/aromatic N) is 4. The Labute approximate surface area is 873 Å². The smallest absolute Gasteiger partial charge is 0.326 e. The molecule has 20 amide bonds. The Balaban J connectivity index is 0.544. The highest BCUT2D eigenvalue weighted by Gasteiger charge is 2.45. The number of hydrogen-bond acceptors (Lipinski definition) is 28. The van der Waals surface area contributed by atoms with E-state index in [2.05, 4.69) is 63.8 Å². The zero-order valence-corrected chi connectivity index (χ0v) is 86.6. The standard InChI is InChI=1S/C102H114N16O28S4/c1-11-39-115-93(135)51-19-23-55-79-56(24-20-52(77(51)79)94(115)136)98(140)117(97(55)139)41-15-13-17-61(101(143)144)109-91(133)83(49(7)8)113-85(127)59(27-37-75(123)124)107-89(131)81(47(3)4)111-73(121)45-103-71(119)43-105-87(129)69-35-33-67(149-69)65-31-29-63(147-65)64-30-32-66(148-64)68-34-36-70(150-68)88(130)106-44-72(120)104-46-74(122)112-82(48(5)6)90(132)108-60(28-38-76(125)126)86(128)114-84(50(9)10)92(134)110-62(102(145)146)18-14-16-42-118-99(141)57-25-21-53-78-54(22-26-58(80(57)78)100(118)142)96(138)116(40-12-2)95(53)137/h19-26,29-36,47-50,59-62,81-84H,11-18,27-28,37-46H2,1-10H3,(H,103,119)(H,104,120)(H,105,129)(H,106,130)(H,107,131)(H,108,132)(H,109,133)(H,110,134)(H,111,121)(H,112,122)(H,113,127)(H,114,128)(H,123,124)(H,125,126)(H,143,144)(H,145,146)/t59-,60-,61-,62-,81-,82-,83-,84-/m0/s1. The number of aliphatic carboxylic acids is 4. The SMILES string of the molecule is CCCN1C(=O)c2ccc3c4c(ccc(c24)C1=O)C(=O)N(CCCC[C@H](NC(=O)[C@@H](NC(=O)[C@H](CCC(=O)O)NC(=O)[C@@H](NC(=O)CNC(=O)CNC(=O)c1ccc(-c2ccc(-c4ccc(-c5ccc(C(=O)NCC(=O)NCC(=O)N[C@H](C(=O)N[C@@H](CCC(=O)O)C(=O)N[C@H](C(=O)N[C@@H](CCCCN6C(=O)c7ccc8c9c(ccc(c79)C6=O)C(=O)N(CCC)C8=O)C(=O)O)C(C)C)C(C)C)s5)s4)s2)s1)C(C)C)C(C)C)C(=O)O)C3=O. The van der Waals surface area contributed by atoms with E-state index in [9.17, 15) is 135 Å². The van der Waals surface area contributed by atoms with Gasteiger partial charge in [-0.15, -0.1) is 45.3 Å². The van der Waals surface area contributed by atoms with Gasteiger partial charge in [-0.3, -0.25) is 125 Å². The molecule has 12 rings (SSSR count). The first-order chi connectivity index (χ1) is 71.2. The summed E-state index contributed by atoms with van der Waals surface area (Å²) in [7, 11) is 0. The van der Waals surface area contributed by atoms with Crippen LogP contribution < -0.4 is 63.8 Å². The van der Waals surface area contributed by atoms with Gasteiger partial charge in [0.25, 0.3) is 59.1 Å². The summed E-state index contributed by atoms with van der Waals surface area (Å²) in [5.74, 6) is -23.8. The number of nitrogens with one attached hydrogen (secondary N) is 12. The summed E-state index contributed by atoms with van der Waals surface area (Å²) in [4.78, 5) is 331. The Kier molecular flexibility index (Phi) is 37.6. The normalized spacial score (nSPS) is 14.7. The van der Waals surface area contributed by atoms with Gasteiger partial charge in [-0.05, 0) is 185 Å². The molecule has 8 atom stereocenters. The zero-order valence-electron chi connectivity index (χ0n) is 83.3. The molecule has 150 heavy (non-hydrogen) atoms. The van der Waals surface area contributed by atoms with Crippen LogP contribution in [0.15, 0.2) is 97.1 Å². The first kappa shape index (κ1) is 113. The van der Waals surface area contributed by atoms with Gasteiger partial charge in [-0.25, -0.2) is 9.59 Å². The molecule has 16 N–H and O–H groups in total. The summed E-state index contributed by atoms with van der Waals surface area (Å²) in [5, 5.41) is 70.0. The number of carbonyl (C=O) groups is 24. The Hall–Kier alpha value is -15.7. The Morgan fingerprint density at radius 2 is 0.507 bits per heavy atom. The van der Waals surface area contributed by atoms with Gasteiger partial charge in [0.1, 0.15) is 48.3 Å². The van der Waals surface area contributed by atoms with Crippen LogP contribution in [0.3, 0.4) is 0 Å². The lowest BCUT2D eigenvalue weighted by atomic mass is 9.86. The molecule has 0 fully saturated rings. The molecule has 44 nitrogen and oxygen atoms in total. The van der Waals surface area contributed by atoms with E-state index in [0.717, 1.165) is 71.5 Å². The van der Waals surface area contributed by atoms with Crippen LogP contribution in [0, 0.1) is 23.7 Å². The molecule has 0 saturated heterocycles. The molecule has 4 aromatic carbocycles. The second-order valence-electron chi connectivity index (χ2n) is 37.6.